The number of rotatable bonds is 6. The molecule has 6 heteroatoms. The normalized spacial score (nSPS) is 10.4. The second-order valence-corrected chi connectivity index (χ2v) is 5.38. The summed E-state index contributed by atoms with van der Waals surface area (Å²) in [7, 11) is 1.76. The van der Waals surface area contributed by atoms with E-state index in [4.69, 9.17) is 4.42 Å². The van der Waals surface area contributed by atoms with Gasteiger partial charge in [0, 0.05) is 26.0 Å². The molecule has 0 unspecified atom stereocenters. The van der Waals surface area contributed by atoms with Gasteiger partial charge in [0.2, 0.25) is 5.95 Å². The third kappa shape index (κ3) is 3.98. The van der Waals surface area contributed by atoms with Crippen LogP contribution in [0.4, 0.5) is 5.95 Å². The minimum atomic E-state index is -0.114. The van der Waals surface area contributed by atoms with Gasteiger partial charge in [-0.15, -0.1) is 0 Å². The number of hydrogen-bond donors (Lipinski definition) is 1. The average molecular weight is 322 g/mol. The quantitative estimate of drug-likeness (QED) is 0.755. The van der Waals surface area contributed by atoms with E-state index in [-0.39, 0.29) is 5.91 Å². The molecular weight excluding hydrogens is 304 g/mol. The summed E-state index contributed by atoms with van der Waals surface area (Å²) in [5.74, 6) is 1.13. The molecule has 6 nitrogen and oxygen atoms in total. The Morgan fingerprint density at radius 3 is 2.54 bits per heavy atom. The Kier molecular flexibility index (Phi) is 4.86. The third-order valence-electron chi connectivity index (χ3n) is 3.51. The van der Waals surface area contributed by atoms with Crippen molar-refractivity contribution in [1.82, 2.24) is 14.9 Å². The van der Waals surface area contributed by atoms with Gasteiger partial charge in [-0.25, -0.2) is 9.97 Å². The summed E-state index contributed by atoms with van der Waals surface area (Å²) in [5.41, 5.74) is 1.53. The van der Waals surface area contributed by atoms with E-state index < -0.39 is 0 Å². The molecule has 3 rings (SSSR count). The summed E-state index contributed by atoms with van der Waals surface area (Å²) in [5, 5.41) is 3.04. The van der Waals surface area contributed by atoms with Gasteiger partial charge in [0.05, 0.1) is 18.4 Å². The molecule has 2 heterocycles. The van der Waals surface area contributed by atoms with E-state index in [1.54, 1.807) is 18.2 Å². The first-order chi connectivity index (χ1) is 11.7. The molecule has 1 amide bonds. The molecule has 0 saturated carbocycles. The fourth-order valence-corrected chi connectivity index (χ4v) is 2.26. The molecule has 1 aromatic carbocycles. The predicted molar refractivity (Wildman–Crippen MR) is 90.3 cm³/mol. The van der Waals surface area contributed by atoms with Gasteiger partial charge < -0.3 is 14.6 Å². The molecule has 0 aliphatic carbocycles. The molecule has 0 spiro atoms. The smallest absolute Gasteiger partial charge is 0.257 e. The van der Waals surface area contributed by atoms with Crippen LogP contribution in [0.15, 0.2) is 65.5 Å². The van der Waals surface area contributed by atoms with Crippen molar-refractivity contribution in [2.45, 2.75) is 13.1 Å². The van der Waals surface area contributed by atoms with E-state index in [1.807, 2.05) is 42.5 Å². The Bertz CT molecular complexity index is 771. The average Bonchev–Trinajstić information content (AvgIpc) is 3.14. The lowest BCUT2D eigenvalue weighted by molar-refractivity contribution is 0.0784. The highest BCUT2D eigenvalue weighted by atomic mass is 16.3. The van der Waals surface area contributed by atoms with E-state index in [2.05, 4.69) is 15.3 Å². The number of amides is 1. The van der Waals surface area contributed by atoms with E-state index in [9.17, 15) is 4.79 Å². The van der Waals surface area contributed by atoms with E-state index >= 15 is 0 Å². The number of carbonyl (C=O) groups is 1. The fraction of sp³-hybridized carbons (Fsp3) is 0.167. The van der Waals surface area contributed by atoms with Gasteiger partial charge in [-0.2, -0.15) is 0 Å². The molecule has 0 fully saturated rings. The first kappa shape index (κ1) is 15.7. The largest absolute Gasteiger partial charge is 0.467 e. The highest BCUT2D eigenvalue weighted by Crippen LogP contribution is 2.09. The first-order valence-electron chi connectivity index (χ1n) is 7.60. The highest BCUT2D eigenvalue weighted by Gasteiger charge is 2.13. The van der Waals surface area contributed by atoms with Crippen LogP contribution in [-0.2, 0) is 13.1 Å². The van der Waals surface area contributed by atoms with E-state index in [0.29, 0.717) is 24.6 Å². The minimum Gasteiger partial charge on any atom is -0.467 e. The van der Waals surface area contributed by atoms with Crippen LogP contribution >= 0.6 is 0 Å². The van der Waals surface area contributed by atoms with Gasteiger partial charge in [-0.3, -0.25) is 4.79 Å². The third-order valence-corrected chi connectivity index (χ3v) is 3.51. The lowest BCUT2D eigenvalue weighted by Gasteiger charge is -2.17. The van der Waals surface area contributed by atoms with Crippen LogP contribution in [0.3, 0.4) is 0 Å². The molecule has 24 heavy (non-hydrogen) atoms. The predicted octanol–water partition coefficient (Wildman–Crippen LogP) is 2.95. The Hall–Kier alpha value is -3.15. The highest BCUT2D eigenvalue weighted by molar-refractivity contribution is 5.93. The van der Waals surface area contributed by atoms with Crippen LogP contribution < -0.4 is 5.32 Å². The van der Waals surface area contributed by atoms with Crippen LogP contribution in [0.2, 0.25) is 0 Å². The van der Waals surface area contributed by atoms with Crippen molar-refractivity contribution < 1.29 is 9.21 Å². The molecule has 0 bridgehead atoms. The minimum absolute atomic E-state index is 0.114. The Morgan fingerprint density at radius 2 is 1.88 bits per heavy atom. The van der Waals surface area contributed by atoms with Crippen LogP contribution in [-0.4, -0.2) is 27.8 Å². The van der Waals surface area contributed by atoms with Crippen molar-refractivity contribution >= 4 is 11.9 Å². The molecule has 0 radical (unpaired) electrons. The fourth-order valence-electron chi connectivity index (χ4n) is 2.26. The number of aromatic nitrogens is 2. The molecule has 0 aliphatic heterocycles. The second kappa shape index (κ2) is 7.41. The monoisotopic (exact) mass is 322 g/mol. The summed E-state index contributed by atoms with van der Waals surface area (Å²) in [4.78, 5) is 22.4. The molecule has 0 atom stereocenters. The topological polar surface area (TPSA) is 71.3 Å². The summed E-state index contributed by atoms with van der Waals surface area (Å²) in [6.07, 6.45) is 4.67. The van der Waals surface area contributed by atoms with Crippen LogP contribution in [0.25, 0.3) is 0 Å². The van der Waals surface area contributed by atoms with Gasteiger partial charge in [-0.05, 0) is 17.7 Å². The van der Waals surface area contributed by atoms with Crippen molar-refractivity contribution in [3.05, 3.63) is 78.0 Å². The van der Waals surface area contributed by atoms with Gasteiger partial charge in [0.1, 0.15) is 5.76 Å². The lowest BCUT2D eigenvalue weighted by atomic mass is 10.2. The van der Waals surface area contributed by atoms with Gasteiger partial charge in [-0.1, -0.05) is 30.3 Å². The zero-order chi connectivity index (χ0) is 16.8. The summed E-state index contributed by atoms with van der Waals surface area (Å²) < 4.78 is 5.23. The standard InChI is InChI=1S/C18H18N4O2/c1-22(13-14-6-3-2-4-7-14)17(23)15-10-19-18(20-11-15)21-12-16-8-5-9-24-16/h2-11H,12-13H2,1H3,(H,19,20,21). The number of furan rings is 1. The zero-order valence-electron chi connectivity index (χ0n) is 13.3. The van der Waals surface area contributed by atoms with Crippen molar-refractivity contribution in [2.75, 3.05) is 12.4 Å². The number of nitrogens with zero attached hydrogens (tertiary/aromatic N) is 3. The number of carbonyl (C=O) groups excluding carboxylic acids is 1. The molecule has 0 aliphatic rings. The molecule has 2 aromatic heterocycles. The number of anilines is 1. The number of benzene rings is 1. The van der Waals surface area contributed by atoms with E-state index in [1.165, 1.54) is 12.4 Å². The Balaban J connectivity index is 1.58. The summed E-state index contributed by atoms with van der Waals surface area (Å²) in [6, 6.07) is 13.5. The van der Waals surface area contributed by atoms with Gasteiger partial charge >= 0.3 is 0 Å². The van der Waals surface area contributed by atoms with Gasteiger partial charge in [0.25, 0.3) is 5.91 Å². The zero-order valence-corrected chi connectivity index (χ0v) is 13.3. The Labute approximate surface area is 140 Å². The maximum atomic E-state index is 12.4. The number of hydrogen-bond acceptors (Lipinski definition) is 5. The molecule has 1 N–H and O–H groups in total. The first-order valence-corrected chi connectivity index (χ1v) is 7.60. The SMILES string of the molecule is CN(Cc1ccccc1)C(=O)c1cnc(NCc2ccco2)nc1. The van der Waals surface area contributed by atoms with Crippen LogP contribution in [0.5, 0.6) is 0 Å². The molecular formula is C18H18N4O2. The molecule has 0 saturated heterocycles. The number of nitrogens with one attached hydrogen (secondary N) is 1. The van der Waals surface area contributed by atoms with Gasteiger partial charge in [0.15, 0.2) is 0 Å². The molecule has 122 valence electrons. The van der Waals surface area contributed by atoms with Crippen molar-refractivity contribution in [3.63, 3.8) is 0 Å². The molecule has 3 aromatic rings. The second-order valence-electron chi connectivity index (χ2n) is 5.38. The van der Waals surface area contributed by atoms with Crippen molar-refractivity contribution in [2.24, 2.45) is 0 Å². The van der Waals surface area contributed by atoms with Crippen LogP contribution in [0, 0.1) is 0 Å². The maximum absolute atomic E-state index is 12.4. The summed E-state index contributed by atoms with van der Waals surface area (Å²) >= 11 is 0. The van der Waals surface area contributed by atoms with Crippen molar-refractivity contribution in [3.8, 4) is 0 Å². The Morgan fingerprint density at radius 1 is 1.12 bits per heavy atom. The lowest BCUT2D eigenvalue weighted by Crippen LogP contribution is -2.26. The van der Waals surface area contributed by atoms with Crippen LogP contribution in [0.1, 0.15) is 21.7 Å². The summed E-state index contributed by atoms with van der Waals surface area (Å²) in [6.45, 7) is 1.03. The van der Waals surface area contributed by atoms with Crippen molar-refractivity contribution in [1.29, 1.82) is 0 Å². The van der Waals surface area contributed by atoms with E-state index in [0.717, 1.165) is 11.3 Å². The maximum Gasteiger partial charge on any atom is 0.257 e.